The summed E-state index contributed by atoms with van der Waals surface area (Å²) in [5, 5.41) is 0. The number of rotatable bonds is 5. The lowest BCUT2D eigenvalue weighted by molar-refractivity contribution is -0.135. The van der Waals surface area contributed by atoms with Crippen LogP contribution >= 0.6 is 0 Å². The highest BCUT2D eigenvalue weighted by Crippen LogP contribution is 2.41. The number of piperazine rings is 1. The van der Waals surface area contributed by atoms with Crippen molar-refractivity contribution in [2.75, 3.05) is 39.4 Å². The van der Waals surface area contributed by atoms with Crippen LogP contribution in [0.5, 0.6) is 17.2 Å². The average molecular weight is 423 g/mol. The van der Waals surface area contributed by atoms with Gasteiger partial charge in [0.25, 0.3) is 5.91 Å². The largest absolute Gasteiger partial charge is 0.493 e. The van der Waals surface area contributed by atoms with Gasteiger partial charge in [0, 0.05) is 51.1 Å². The van der Waals surface area contributed by atoms with Crippen molar-refractivity contribution in [3.63, 3.8) is 0 Å². The molecule has 2 aromatic carbocycles. The Morgan fingerprint density at radius 3 is 2.77 bits per heavy atom. The van der Waals surface area contributed by atoms with Gasteiger partial charge in [-0.3, -0.25) is 9.69 Å². The fourth-order valence-corrected chi connectivity index (χ4v) is 4.68. The zero-order chi connectivity index (χ0) is 21.4. The average Bonchev–Trinajstić information content (AvgIpc) is 3.34. The fourth-order valence-electron chi connectivity index (χ4n) is 4.68. The summed E-state index contributed by atoms with van der Waals surface area (Å²) in [6.45, 7) is 9.08. The molecule has 0 aromatic heterocycles. The van der Waals surface area contributed by atoms with Crippen LogP contribution in [0.4, 0.5) is 0 Å². The molecule has 6 nitrogen and oxygen atoms in total. The number of carbonyl (C=O) groups excluding carboxylic acids is 1. The third-order valence-corrected chi connectivity index (χ3v) is 6.29. The van der Waals surface area contributed by atoms with Crippen LogP contribution in [0.25, 0.3) is 0 Å². The Morgan fingerprint density at radius 1 is 1.10 bits per heavy atom. The van der Waals surface area contributed by atoms with Crippen molar-refractivity contribution in [1.29, 1.82) is 0 Å². The summed E-state index contributed by atoms with van der Waals surface area (Å²) in [4.78, 5) is 17.0. The summed E-state index contributed by atoms with van der Waals surface area (Å²) >= 11 is 0. The van der Waals surface area contributed by atoms with Crippen LogP contribution in [-0.4, -0.2) is 60.7 Å². The van der Waals surface area contributed by atoms with Crippen molar-refractivity contribution in [2.24, 2.45) is 0 Å². The maximum Gasteiger partial charge on any atom is 0.260 e. The van der Waals surface area contributed by atoms with E-state index >= 15 is 0 Å². The lowest BCUT2D eigenvalue weighted by Gasteiger charge is -2.34. The molecule has 0 spiro atoms. The normalized spacial score (nSPS) is 19.4. The summed E-state index contributed by atoms with van der Waals surface area (Å²) < 4.78 is 17.5. The van der Waals surface area contributed by atoms with E-state index in [0.29, 0.717) is 5.75 Å². The van der Waals surface area contributed by atoms with E-state index in [1.54, 1.807) is 0 Å². The monoisotopic (exact) mass is 422 g/mol. The van der Waals surface area contributed by atoms with Crippen LogP contribution in [-0.2, 0) is 24.2 Å². The molecule has 0 N–H and O–H groups in total. The molecule has 0 saturated carbocycles. The Labute approximate surface area is 183 Å². The maximum atomic E-state index is 12.7. The third-order valence-electron chi connectivity index (χ3n) is 6.29. The quantitative estimate of drug-likeness (QED) is 0.741. The van der Waals surface area contributed by atoms with Crippen LogP contribution in [0, 0.1) is 0 Å². The molecule has 0 aliphatic carbocycles. The van der Waals surface area contributed by atoms with Crippen LogP contribution in [0.2, 0.25) is 0 Å². The van der Waals surface area contributed by atoms with E-state index in [0.717, 1.165) is 69.2 Å². The summed E-state index contributed by atoms with van der Waals surface area (Å²) in [6, 6.07) is 12.4. The summed E-state index contributed by atoms with van der Waals surface area (Å²) in [5.74, 6) is 2.50. The second-order valence-electron chi connectivity index (χ2n) is 9.27. The Kier molecular flexibility index (Phi) is 5.26. The third kappa shape index (κ3) is 4.35. The molecule has 1 saturated heterocycles. The molecule has 164 valence electrons. The molecular weight excluding hydrogens is 392 g/mol. The Morgan fingerprint density at radius 2 is 1.94 bits per heavy atom. The standard InChI is InChI=1S/C25H30N2O4/c1-25(2)15-20-4-3-5-22(24(20)31-25)30-17-23(28)27-11-9-26(10-12-27)16-18-6-7-21-19(14-18)8-13-29-21/h3-7,14H,8-13,15-17H2,1-2H3. The van der Waals surface area contributed by atoms with Gasteiger partial charge in [-0.05, 0) is 37.1 Å². The smallest absolute Gasteiger partial charge is 0.260 e. The van der Waals surface area contributed by atoms with E-state index < -0.39 is 0 Å². The number of fused-ring (bicyclic) bond motifs is 2. The number of benzene rings is 2. The predicted molar refractivity (Wildman–Crippen MR) is 118 cm³/mol. The molecule has 31 heavy (non-hydrogen) atoms. The van der Waals surface area contributed by atoms with E-state index in [1.807, 2.05) is 17.0 Å². The Hall–Kier alpha value is -2.73. The molecule has 1 fully saturated rings. The van der Waals surface area contributed by atoms with Crippen LogP contribution < -0.4 is 14.2 Å². The van der Waals surface area contributed by atoms with Crippen molar-refractivity contribution >= 4 is 5.91 Å². The van der Waals surface area contributed by atoms with E-state index in [1.165, 1.54) is 11.1 Å². The first kappa shape index (κ1) is 20.2. The number of hydrogen-bond acceptors (Lipinski definition) is 5. The van der Waals surface area contributed by atoms with Crippen molar-refractivity contribution in [3.05, 3.63) is 53.1 Å². The number of carbonyl (C=O) groups is 1. The molecule has 3 aliphatic heterocycles. The molecule has 6 heteroatoms. The van der Waals surface area contributed by atoms with Gasteiger partial charge in [-0.15, -0.1) is 0 Å². The molecule has 5 rings (SSSR count). The first-order chi connectivity index (χ1) is 15.0. The Bertz CT molecular complexity index is 979. The van der Waals surface area contributed by atoms with E-state index in [9.17, 15) is 4.79 Å². The van der Waals surface area contributed by atoms with Gasteiger partial charge in [0.1, 0.15) is 11.4 Å². The van der Waals surface area contributed by atoms with Gasteiger partial charge in [0.05, 0.1) is 6.61 Å². The number of nitrogens with zero attached hydrogens (tertiary/aromatic N) is 2. The number of amides is 1. The minimum absolute atomic E-state index is 0.0317. The van der Waals surface area contributed by atoms with Crippen LogP contribution in [0.1, 0.15) is 30.5 Å². The van der Waals surface area contributed by atoms with Crippen molar-refractivity contribution in [2.45, 2.75) is 38.8 Å². The van der Waals surface area contributed by atoms with Crippen LogP contribution in [0.3, 0.4) is 0 Å². The lowest BCUT2D eigenvalue weighted by atomic mass is 10.0. The molecular formula is C25H30N2O4. The van der Waals surface area contributed by atoms with E-state index in [2.05, 4.69) is 43.0 Å². The highest BCUT2D eigenvalue weighted by Gasteiger charge is 2.32. The SMILES string of the molecule is CC1(C)Cc2cccc(OCC(=O)N3CCN(Cc4ccc5c(c4)CCO5)CC3)c2O1. The topological polar surface area (TPSA) is 51.2 Å². The summed E-state index contributed by atoms with van der Waals surface area (Å²) in [6.07, 6.45) is 1.85. The summed E-state index contributed by atoms with van der Waals surface area (Å²) in [7, 11) is 0. The predicted octanol–water partition coefficient (Wildman–Crippen LogP) is 3.06. The second kappa shape index (κ2) is 8.08. The zero-order valence-electron chi connectivity index (χ0n) is 18.4. The zero-order valence-corrected chi connectivity index (χ0v) is 18.4. The lowest BCUT2D eigenvalue weighted by Crippen LogP contribution is -2.49. The molecule has 0 unspecified atom stereocenters. The molecule has 0 bridgehead atoms. The van der Waals surface area contributed by atoms with Gasteiger partial charge >= 0.3 is 0 Å². The maximum absolute atomic E-state index is 12.7. The van der Waals surface area contributed by atoms with Crippen LogP contribution in [0.15, 0.2) is 36.4 Å². The van der Waals surface area contributed by atoms with Gasteiger partial charge < -0.3 is 19.1 Å². The molecule has 2 aromatic rings. The van der Waals surface area contributed by atoms with Gasteiger partial charge in [-0.25, -0.2) is 0 Å². The van der Waals surface area contributed by atoms with Crippen molar-refractivity contribution in [3.8, 4) is 17.2 Å². The molecule has 0 radical (unpaired) electrons. The second-order valence-corrected chi connectivity index (χ2v) is 9.27. The molecule has 3 aliphatic rings. The van der Waals surface area contributed by atoms with Crippen molar-refractivity contribution in [1.82, 2.24) is 9.80 Å². The number of ether oxygens (including phenoxy) is 3. The Balaban J connectivity index is 1.12. The number of hydrogen-bond donors (Lipinski definition) is 0. The van der Waals surface area contributed by atoms with E-state index in [4.69, 9.17) is 14.2 Å². The minimum atomic E-state index is -0.228. The minimum Gasteiger partial charge on any atom is -0.493 e. The van der Waals surface area contributed by atoms with Gasteiger partial charge in [-0.2, -0.15) is 0 Å². The van der Waals surface area contributed by atoms with E-state index in [-0.39, 0.29) is 18.1 Å². The van der Waals surface area contributed by atoms with Gasteiger partial charge in [0.2, 0.25) is 0 Å². The molecule has 1 amide bonds. The number of para-hydroxylation sites is 1. The first-order valence-corrected chi connectivity index (χ1v) is 11.2. The summed E-state index contributed by atoms with van der Waals surface area (Å²) in [5.41, 5.74) is 3.53. The van der Waals surface area contributed by atoms with Gasteiger partial charge in [-0.1, -0.05) is 24.3 Å². The highest BCUT2D eigenvalue weighted by molar-refractivity contribution is 5.78. The van der Waals surface area contributed by atoms with Gasteiger partial charge in [0.15, 0.2) is 18.1 Å². The highest BCUT2D eigenvalue weighted by atomic mass is 16.5. The molecule has 0 atom stereocenters. The molecule has 3 heterocycles. The first-order valence-electron chi connectivity index (χ1n) is 11.2. The fraction of sp³-hybridized carbons (Fsp3) is 0.480. The van der Waals surface area contributed by atoms with Crippen molar-refractivity contribution < 1.29 is 19.0 Å².